The Hall–Kier alpha value is -2.07. The van der Waals surface area contributed by atoms with E-state index in [0.717, 1.165) is 28.3 Å². The first-order chi connectivity index (χ1) is 9.52. The summed E-state index contributed by atoms with van der Waals surface area (Å²) in [5, 5.41) is 0.711. The molecular weight excluding hydrogens is 272 g/mol. The van der Waals surface area contributed by atoms with E-state index >= 15 is 0 Å². The molecule has 20 heavy (non-hydrogen) atoms. The second kappa shape index (κ2) is 4.80. The van der Waals surface area contributed by atoms with Crippen molar-refractivity contribution in [1.82, 2.24) is 15.0 Å². The van der Waals surface area contributed by atoms with Gasteiger partial charge in [0.25, 0.3) is 0 Å². The van der Waals surface area contributed by atoms with Crippen LogP contribution >= 0.6 is 11.6 Å². The maximum atomic E-state index is 6.10. The van der Waals surface area contributed by atoms with Gasteiger partial charge in [-0.15, -0.1) is 0 Å². The SMILES string of the molecule is Cc1cc(Cl)cc(-c2nc3nc(N(C)C)ccc3[nH]2)c1. The van der Waals surface area contributed by atoms with Crippen molar-refractivity contribution >= 4 is 28.6 Å². The van der Waals surface area contributed by atoms with Crippen molar-refractivity contribution < 1.29 is 0 Å². The standard InChI is InChI=1S/C15H15ClN4/c1-9-6-10(8-11(16)7-9)14-17-12-4-5-13(20(2)3)18-15(12)19-14/h4-8H,1-3H3,(H,17,18,19). The molecule has 0 radical (unpaired) electrons. The molecule has 0 atom stereocenters. The molecule has 5 heteroatoms. The van der Waals surface area contributed by atoms with E-state index < -0.39 is 0 Å². The molecule has 3 aromatic rings. The quantitative estimate of drug-likeness (QED) is 0.782. The van der Waals surface area contributed by atoms with E-state index in [2.05, 4.69) is 21.0 Å². The predicted octanol–water partition coefficient (Wildman–Crippen LogP) is 3.65. The van der Waals surface area contributed by atoms with Gasteiger partial charge in [0.15, 0.2) is 5.65 Å². The fourth-order valence-electron chi connectivity index (χ4n) is 2.14. The second-order valence-electron chi connectivity index (χ2n) is 5.04. The van der Waals surface area contributed by atoms with Crippen LogP contribution in [0.15, 0.2) is 30.3 Å². The molecule has 0 saturated heterocycles. The Labute approximate surface area is 122 Å². The molecular formula is C15H15ClN4. The van der Waals surface area contributed by atoms with Crippen molar-refractivity contribution in [3.8, 4) is 11.4 Å². The third-order valence-corrected chi connectivity index (χ3v) is 3.32. The average molecular weight is 287 g/mol. The Balaban J connectivity index is 2.12. The van der Waals surface area contributed by atoms with Gasteiger partial charge in [-0.25, -0.2) is 9.97 Å². The smallest absolute Gasteiger partial charge is 0.180 e. The van der Waals surface area contributed by atoms with E-state index in [4.69, 9.17) is 11.6 Å². The fourth-order valence-corrected chi connectivity index (χ4v) is 2.43. The molecule has 0 bridgehead atoms. The Kier molecular flexibility index (Phi) is 3.10. The Morgan fingerprint density at radius 3 is 2.60 bits per heavy atom. The van der Waals surface area contributed by atoms with Gasteiger partial charge in [0.1, 0.15) is 11.6 Å². The van der Waals surface area contributed by atoms with Gasteiger partial charge in [-0.1, -0.05) is 11.6 Å². The van der Waals surface area contributed by atoms with Crippen molar-refractivity contribution in [3.05, 3.63) is 40.9 Å². The summed E-state index contributed by atoms with van der Waals surface area (Å²) in [6, 6.07) is 9.84. The lowest BCUT2D eigenvalue weighted by atomic mass is 10.1. The molecule has 4 nitrogen and oxygen atoms in total. The zero-order valence-corrected chi connectivity index (χ0v) is 12.4. The van der Waals surface area contributed by atoms with Crippen molar-refractivity contribution in [3.63, 3.8) is 0 Å². The summed E-state index contributed by atoms with van der Waals surface area (Å²) in [5.41, 5.74) is 3.71. The number of aromatic amines is 1. The number of fused-ring (bicyclic) bond motifs is 1. The third-order valence-electron chi connectivity index (χ3n) is 3.10. The van der Waals surface area contributed by atoms with Crippen LogP contribution in [0.5, 0.6) is 0 Å². The first-order valence-corrected chi connectivity index (χ1v) is 6.72. The lowest BCUT2D eigenvalue weighted by molar-refractivity contribution is 1.08. The minimum atomic E-state index is 0.711. The summed E-state index contributed by atoms with van der Waals surface area (Å²) in [5.74, 6) is 1.67. The summed E-state index contributed by atoms with van der Waals surface area (Å²) in [6.07, 6.45) is 0. The summed E-state index contributed by atoms with van der Waals surface area (Å²) >= 11 is 6.10. The molecule has 0 unspecified atom stereocenters. The lowest BCUT2D eigenvalue weighted by Crippen LogP contribution is -2.10. The summed E-state index contributed by atoms with van der Waals surface area (Å²) in [7, 11) is 3.92. The van der Waals surface area contributed by atoms with Gasteiger partial charge in [-0.2, -0.15) is 0 Å². The van der Waals surface area contributed by atoms with Crippen molar-refractivity contribution in [1.29, 1.82) is 0 Å². The van der Waals surface area contributed by atoms with Crippen LogP contribution in [0, 0.1) is 6.92 Å². The van der Waals surface area contributed by atoms with Crippen LogP contribution in [-0.2, 0) is 0 Å². The van der Waals surface area contributed by atoms with Crippen LogP contribution < -0.4 is 4.90 Å². The van der Waals surface area contributed by atoms with Crippen LogP contribution in [-0.4, -0.2) is 29.0 Å². The molecule has 1 aromatic carbocycles. The molecule has 2 heterocycles. The first-order valence-electron chi connectivity index (χ1n) is 6.34. The Morgan fingerprint density at radius 1 is 1.10 bits per heavy atom. The number of nitrogens with zero attached hydrogens (tertiary/aromatic N) is 3. The summed E-state index contributed by atoms with van der Waals surface area (Å²) in [4.78, 5) is 14.3. The molecule has 0 fully saturated rings. The number of benzene rings is 1. The van der Waals surface area contributed by atoms with Crippen molar-refractivity contribution in [2.75, 3.05) is 19.0 Å². The number of hydrogen-bond donors (Lipinski definition) is 1. The fraction of sp³-hybridized carbons (Fsp3) is 0.200. The largest absolute Gasteiger partial charge is 0.363 e. The first kappa shape index (κ1) is 12.9. The Bertz CT molecular complexity index is 756. The molecule has 0 saturated carbocycles. The van der Waals surface area contributed by atoms with Gasteiger partial charge in [0.05, 0.1) is 5.52 Å². The zero-order chi connectivity index (χ0) is 14.3. The van der Waals surface area contributed by atoms with Gasteiger partial charge < -0.3 is 9.88 Å². The van der Waals surface area contributed by atoms with Crippen molar-refractivity contribution in [2.45, 2.75) is 6.92 Å². The lowest BCUT2D eigenvalue weighted by Gasteiger charge is -2.09. The van der Waals surface area contributed by atoms with E-state index in [1.807, 2.05) is 50.2 Å². The zero-order valence-electron chi connectivity index (χ0n) is 11.6. The van der Waals surface area contributed by atoms with Crippen LogP contribution in [0.4, 0.5) is 5.82 Å². The van der Waals surface area contributed by atoms with Crippen molar-refractivity contribution in [2.24, 2.45) is 0 Å². The van der Waals surface area contributed by atoms with Gasteiger partial charge in [-0.05, 0) is 42.8 Å². The maximum Gasteiger partial charge on any atom is 0.180 e. The number of nitrogens with one attached hydrogen (secondary N) is 1. The number of rotatable bonds is 2. The van der Waals surface area contributed by atoms with Crippen LogP contribution in [0.25, 0.3) is 22.6 Å². The van der Waals surface area contributed by atoms with Gasteiger partial charge in [0.2, 0.25) is 0 Å². The second-order valence-corrected chi connectivity index (χ2v) is 5.47. The van der Waals surface area contributed by atoms with E-state index in [1.165, 1.54) is 0 Å². The molecule has 2 aromatic heterocycles. The number of anilines is 1. The summed E-state index contributed by atoms with van der Waals surface area (Å²) < 4.78 is 0. The van der Waals surface area contributed by atoms with E-state index in [1.54, 1.807) is 0 Å². The number of imidazole rings is 1. The monoisotopic (exact) mass is 286 g/mol. The van der Waals surface area contributed by atoms with Gasteiger partial charge in [-0.3, -0.25) is 0 Å². The van der Waals surface area contributed by atoms with Crippen LogP contribution in [0.3, 0.4) is 0 Å². The number of aryl methyl sites for hydroxylation is 1. The highest BCUT2D eigenvalue weighted by Gasteiger charge is 2.09. The molecule has 0 aliphatic carbocycles. The predicted molar refractivity (Wildman–Crippen MR) is 83.4 cm³/mol. The minimum absolute atomic E-state index is 0.711. The molecule has 102 valence electrons. The normalized spacial score (nSPS) is 11.0. The van der Waals surface area contributed by atoms with E-state index in [9.17, 15) is 0 Å². The highest BCUT2D eigenvalue weighted by molar-refractivity contribution is 6.30. The minimum Gasteiger partial charge on any atom is -0.363 e. The van der Waals surface area contributed by atoms with Crippen LogP contribution in [0.2, 0.25) is 5.02 Å². The van der Waals surface area contributed by atoms with E-state index in [-0.39, 0.29) is 0 Å². The van der Waals surface area contributed by atoms with Gasteiger partial charge >= 0.3 is 0 Å². The number of halogens is 1. The highest BCUT2D eigenvalue weighted by Crippen LogP contribution is 2.25. The number of hydrogen-bond acceptors (Lipinski definition) is 3. The Morgan fingerprint density at radius 2 is 1.90 bits per heavy atom. The molecule has 0 aliphatic rings. The third kappa shape index (κ3) is 2.34. The molecule has 3 rings (SSSR count). The van der Waals surface area contributed by atoms with Gasteiger partial charge in [0, 0.05) is 24.7 Å². The molecule has 0 amide bonds. The van der Waals surface area contributed by atoms with E-state index in [0.29, 0.717) is 10.7 Å². The summed E-state index contributed by atoms with van der Waals surface area (Å²) in [6.45, 7) is 2.01. The van der Waals surface area contributed by atoms with Crippen LogP contribution in [0.1, 0.15) is 5.56 Å². The number of H-pyrrole nitrogens is 1. The topological polar surface area (TPSA) is 44.8 Å². The molecule has 1 N–H and O–H groups in total. The molecule has 0 aliphatic heterocycles. The highest BCUT2D eigenvalue weighted by atomic mass is 35.5. The molecule has 0 spiro atoms. The maximum absolute atomic E-state index is 6.10. The number of pyridine rings is 1. The number of aromatic nitrogens is 3. The average Bonchev–Trinajstić information content (AvgIpc) is 2.80.